The van der Waals surface area contributed by atoms with Gasteiger partial charge in [0, 0.05) is 24.4 Å². The van der Waals surface area contributed by atoms with Crippen LogP contribution >= 0.6 is 0 Å². The predicted octanol–water partition coefficient (Wildman–Crippen LogP) is 2.26. The predicted molar refractivity (Wildman–Crippen MR) is 71.5 cm³/mol. The summed E-state index contributed by atoms with van der Waals surface area (Å²) in [5.41, 5.74) is 8.26. The van der Waals surface area contributed by atoms with Gasteiger partial charge in [0.25, 0.3) is 0 Å². The molecule has 4 nitrogen and oxygen atoms in total. The van der Waals surface area contributed by atoms with E-state index in [4.69, 9.17) is 10.5 Å². The van der Waals surface area contributed by atoms with Crippen molar-refractivity contribution in [2.24, 2.45) is 12.8 Å². The van der Waals surface area contributed by atoms with Crippen LogP contribution in [0.4, 0.5) is 0 Å². The van der Waals surface area contributed by atoms with Crippen LogP contribution in [-0.2, 0) is 7.05 Å². The van der Waals surface area contributed by atoms with Gasteiger partial charge >= 0.3 is 0 Å². The second-order valence-electron chi connectivity index (χ2n) is 4.31. The van der Waals surface area contributed by atoms with Gasteiger partial charge in [0.2, 0.25) is 0 Å². The monoisotopic (exact) mass is 245 g/mol. The molecule has 1 aromatic carbocycles. The highest BCUT2D eigenvalue weighted by Gasteiger charge is 2.15. The van der Waals surface area contributed by atoms with Crippen molar-refractivity contribution < 1.29 is 4.74 Å². The Balaban J connectivity index is 2.26. The van der Waals surface area contributed by atoms with Crippen LogP contribution in [0.5, 0.6) is 5.75 Å². The van der Waals surface area contributed by atoms with Crippen LogP contribution < -0.4 is 10.5 Å². The minimum atomic E-state index is -0.202. The number of para-hydroxylation sites is 1. The molecule has 0 aliphatic heterocycles. The fourth-order valence-electron chi connectivity index (χ4n) is 1.86. The molecule has 0 saturated heterocycles. The molecule has 1 aromatic heterocycles. The van der Waals surface area contributed by atoms with Gasteiger partial charge in [-0.1, -0.05) is 25.1 Å². The summed E-state index contributed by atoms with van der Waals surface area (Å²) < 4.78 is 7.48. The van der Waals surface area contributed by atoms with E-state index in [0.717, 1.165) is 23.3 Å². The summed E-state index contributed by atoms with van der Waals surface area (Å²) >= 11 is 0. The third-order valence-electron chi connectivity index (χ3n) is 2.80. The molecule has 4 heteroatoms. The third kappa shape index (κ3) is 2.71. The van der Waals surface area contributed by atoms with Gasteiger partial charge in [-0.2, -0.15) is 5.10 Å². The normalized spacial score (nSPS) is 12.4. The van der Waals surface area contributed by atoms with Gasteiger partial charge < -0.3 is 10.5 Å². The van der Waals surface area contributed by atoms with Crippen molar-refractivity contribution in [1.82, 2.24) is 9.78 Å². The van der Waals surface area contributed by atoms with Crippen LogP contribution in [0, 0.1) is 0 Å². The summed E-state index contributed by atoms with van der Waals surface area (Å²) in [5.74, 6) is 0.857. The topological polar surface area (TPSA) is 53.1 Å². The summed E-state index contributed by atoms with van der Waals surface area (Å²) in [6.07, 6.45) is 4.71. The molecule has 2 N–H and O–H groups in total. The maximum atomic E-state index is 6.27. The van der Waals surface area contributed by atoms with E-state index in [1.807, 2.05) is 37.5 Å². The molecular weight excluding hydrogens is 226 g/mol. The fourth-order valence-corrected chi connectivity index (χ4v) is 1.86. The van der Waals surface area contributed by atoms with Gasteiger partial charge in [-0.25, -0.2) is 0 Å². The standard InChI is InChI=1S/C14H19N3O/c1-3-8-18-13-7-5-4-6-12(13)14(15)11-9-16-17(2)10-11/h4-7,9-10,14H,3,8,15H2,1-2H3. The summed E-state index contributed by atoms with van der Waals surface area (Å²) in [7, 11) is 1.88. The molecule has 0 fully saturated rings. The largest absolute Gasteiger partial charge is 0.493 e. The van der Waals surface area contributed by atoms with E-state index in [-0.39, 0.29) is 6.04 Å². The number of hydrogen-bond acceptors (Lipinski definition) is 3. The highest BCUT2D eigenvalue weighted by atomic mass is 16.5. The fraction of sp³-hybridized carbons (Fsp3) is 0.357. The molecule has 2 rings (SSSR count). The lowest BCUT2D eigenvalue weighted by molar-refractivity contribution is 0.313. The van der Waals surface area contributed by atoms with Gasteiger partial charge in [-0.3, -0.25) is 4.68 Å². The Morgan fingerprint density at radius 1 is 1.39 bits per heavy atom. The number of nitrogens with two attached hydrogens (primary N) is 1. The first-order chi connectivity index (χ1) is 8.72. The zero-order valence-electron chi connectivity index (χ0n) is 10.8. The van der Waals surface area contributed by atoms with Crippen molar-refractivity contribution in [1.29, 1.82) is 0 Å². The van der Waals surface area contributed by atoms with E-state index >= 15 is 0 Å². The maximum Gasteiger partial charge on any atom is 0.124 e. The van der Waals surface area contributed by atoms with Gasteiger partial charge in [0.05, 0.1) is 18.8 Å². The van der Waals surface area contributed by atoms with E-state index in [0.29, 0.717) is 6.61 Å². The number of ether oxygens (including phenoxy) is 1. The second kappa shape index (κ2) is 5.69. The lowest BCUT2D eigenvalue weighted by atomic mass is 10.0. The summed E-state index contributed by atoms with van der Waals surface area (Å²) in [4.78, 5) is 0. The van der Waals surface area contributed by atoms with E-state index in [1.165, 1.54) is 0 Å². The summed E-state index contributed by atoms with van der Waals surface area (Å²) in [6.45, 7) is 2.79. The van der Waals surface area contributed by atoms with Gasteiger partial charge in [-0.05, 0) is 12.5 Å². The van der Waals surface area contributed by atoms with Crippen molar-refractivity contribution in [2.45, 2.75) is 19.4 Å². The molecule has 0 radical (unpaired) electrons. The van der Waals surface area contributed by atoms with Crippen molar-refractivity contribution in [3.63, 3.8) is 0 Å². The number of aromatic nitrogens is 2. The number of rotatable bonds is 5. The Hall–Kier alpha value is -1.81. The van der Waals surface area contributed by atoms with E-state index in [9.17, 15) is 0 Å². The molecule has 0 bridgehead atoms. The van der Waals surface area contributed by atoms with Gasteiger partial charge in [0.15, 0.2) is 0 Å². The maximum absolute atomic E-state index is 6.27. The Morgan fingerprint density at radius 2 is 2.17 bits per heavy atom. The minimum Gasteiger partial charge on any atom is -0.493 e. The van der Waals surface area contributed by atoms with Crippen molar-refractivity contribution >= 4 is 0 Å². The lowest BCUT2D eigenvalue weighted by Gasteiger charge is -2.15. The van der Waals surface area contributed by atoms with Crippen LogP contribution in [0.25, 0.3) is 0 Å². The first kappa shape index (κ1) is 12.6. The highest BCUT2D eigenvalue weighted by Crippen LogP contribution is 2.27. The number of aryl methyl sites for hydroxylation is 1. The number of nitrogens with zero attached hydrogens (tertiary/aromatic N) is 2. The van der Waals surface area contributed by atoms with Crippen LogP contribution in [0.3, 0.4) is 0 Å². The average Bonchev–Trinajstić information content (AvgIpc) is 2.82. The van der Waals surface area contributed by atoms with Crippen LogP contribution in [0.15, 0.2) is 36.7 Å². The minimum absolute atomic E-state index is 0.202. The molecule has 0 saturated carbocycles. The lowest BCUT2D eigenvalue weighted by Crippen LogP contribution is -2.13. The number of benzene rings is 1. The highest BCUT2D eigenvalue weighted by molar-refractivity contribution is 5.40. The van der Waals surface area contributed by atoms with Crippen molar-refractivity contribution in [3.05, 3.63) is 47.8 Å². The SMILES string of the molecule is CCCOc1ccccc1C(N)c1cnn(C)c1. The van der Waals surface area contributed by atoms with E-state index < -0.39 is 0 Å². The smallest absolute Gasteiger partial charge is 0.124 e. The number of hydrogen-bond donors (Lipinski definition) is 1. The molecule has 1 heterocycles. The zero-order chi connectivity index (χ0) is 13.0. The van der Waals surface area contributed by atoms with Crippen LogP contribution in [0.2, 0.25) is 0 Å². The molecule has 96 valence electrons. The summed E-state index contributed by atoms with van der Waals surface area (Å²) in [6, 6.07) is 7.70. The Kier molecular flexibility index (Phi) is 3.99. The third-order valence-corrected chi connectivity index (χ3v) is 2.80. The first-order valence-corrected chi connectivity index (χ1v) is 6.18. The zero-order valence-corrected chi connectivity index (χ0v) is 10.8. The molecule has 1 atom stereocenters. The molecule has 2 aromatic rings. The second-order valence-corrected chi connectivity index (χ2v) is 4.31. The molecule has 1 unspecified atom stereocenters. The molecule has 0 aliphatic rings. The van der Waals surface area contributed by atoms with Gasteiger partial charge in [-0.15, -0.1) is 0 Å². The van der Waals surface area contributed by atoms with Crippen molar-refractivity contribution in [3.8, 4) is 5.75 Å². The quantitative estimate of drug-likeness (QED) is 0.879. The Labute approximate surface area is 107 Å². The summed E-state index contributed by atoms with van der Waals surface area (Å²) in [5, 5.41) is 4.15. The molecule has 18 heavy (non-hydrogen) atoms. The van der Waals surface area contributed by atoms with Crippen LogP contribution in [0.1, 0.15) is 30.5 Å². The molecule has 0 aliphatic carbocycles. The van der Waals surface area contributed by atoms with E-state index in [1.54, 1.807) is 10.9 Å². The Morgan fingerprint density at radius 3 is 2.83 bits per heavy atom. The Bertz CT molecular complexity index is 507. The van der Waals surface area contributed by atoms with Gasteiger partial charge in [0.1, 0.15) is 5.75 Å². The molecule has 0 spiro atoms. The van der Waals surface area contributed by atoms with E-state index in [2.05, 4.69) is 12.0 Å². The first-order valence-electron chi connectivity index (χ1n) is 6.18. The molecular formula is C14H19N3O. The molecule has 0 amide bonds. The van der Waals surface area contributed by atoms with Crippen LogP contribution in [-0.4, -0.2) is 16.4 Å². The average molecular weight is 245 g/mol. The van der Waals surface area contributed by atoms with Crippen molar-refractivity contribution in [2.75, 3.05) is 6.61 Å².